The van der Waals surface area contributed by atoms with E-state index < -0.39 is 168 Å². The molecule has 386 valence electrons. The van der Waals surface area contributed by atoms with Crippen LogP contribution >= 0.6 is 0 Å². The molecule has 0 aromatic rings. The fourth-order valence-electron chi connectivity index (χ4n) is 14.9. The Morgan fingerprint density at radius 2 is 1.35 bits per heavy atom. The number of esters is 1. The molecule has 8 aliphatic rings. The maximum atomic E-state index is 15.1. The smallest absolute Gasteiger partial charge is 0.335 e. The number of carboxylic acids is 2. The zero-order valence-corrected chi connectivity index (χ0v) is 39.5. The summed E-state index contributed by atoms with van der Waals surface area (Å²) >= 11 is 0. The van der Waals surface area contributed by atoms with Crippen LogP contribution in [-0.2, 0) is 42.8 Å². The minimum absolute atomic E-state index is 0.0164. The van der Waals surface area contributed by atoms with E-state index in [0.717, 1.165) is 5.57 Å². The lowest BCUT2D eigenvalue weighted by molar-refractivity contribution is -0.335. The molecule has 21 nitrogen and oxygen atoms in total. The number of carbonyl (C=O) groups is 3. The SMILES string of the molecule is C[C@H]1O[C@@H](OC(=O)[C@]23CCC(C)(C)C[C@H]2C2=CC[C@@H]4[C@@]5(C)C[C@H](O)[C@H](O[C@@H]6O[C@H](C(=O)O)[C@@H](O)[C@H](O)[C@H]6O)[C@@](C)(C(=O)O)[C@@H]5CC[C@@]4(C)[C@]2(C)C[C@H]3O)[C@H](O[C@@H]2O[C@@H](CO)[C@H](O)[C@H]2O)[C@@H](O)[C@@H]1O. The van der Waals surface area contributed by atoms with Gasteiger partial charge >= 0.3 is 17.9 Å². The molecule has 7 fully saturated rings. The first-order valence-electron chi connectivity index (χ1n) is 23.9. The fraction of sp³-hybridized carbons (Fsp3) is 0.894. The van der Waals surface area contributed by atoms with Crippen molar-refractivity contribution in [1.82, 2.24) is 0 Å². The Hall–Kier alpha value is -2.45. The molecule has 21 heteroatoms. The molecule has 0 spiro atoms. The quantitative estimate of drug-likeness (QED) is 0.0742. The Bertz CT molecular complexity index is 1980. The molecule has 0 unspecified atom stereocenters. The Balaban J connectivity index is 1.11. The number of aliphatic carboxylic acids is 2. The highest BCUT2D eigenvalue weighted by molar-refractivity contribution is 5.80. The number of carboxylic acid groups (broad SMARTS) is 2. The van der Waals surface area contributed by atoms with E-state index in [2.05, 4.69) is 33.8 Å². The predicted octanol–water partition coefficient (Wildman–Crippen LogP) is -1.09. The summed E-state index contributed by atoms with van der Waals surface area (Å²) in [7, 11) is 0. The van der Waals surface area contributed by atoms with Gasteiger partial charge in [-0.05, 0) is 105 Å². The molecular weight excluding hydrogens is 900 g/mol. The zero-order valence-electron chi connectivity index (χ0n) is 39.5. The van der Waals surface area contributed by atoms with E-state index in [1.54, 1.807) is 0 Å². The standard InChI is InChI=1S/C47H72O21/c1-18-26(51)29(54)34(66-37-31(56)27(52)22(17-48)64-37)39(63-18)68-41(62)47-13-12-42(2,3)14-20(47)19-8-9-23-43(4)15-21(49)35(67-38-32(57)28(53)30(55)33(65-38)36(58)59)46(7,40(60)61)24(43)10-11-44(23,5)45(19,6)16-25(47)50/h8,18,20-35,37-39,48-57H,9-17H2,1-7H3,(H,58,59)(H,60,61)/t18-,20+,21+,22+,23-,24-,25-,26-,27+,28+,29+,30+,31-,32-,33+,34-,35+,37+,38+,39+,43-,44-,45-,46+,47-/m1/s1. The second-order valence-electron chi connectivity index (χ2n) is 23.0. The highest BCUT2D eigenvalue weighted by Crippen LogP contribution is 2.76. The number of aliphatic hydroxyl groups excluding tert-OH is 10. The summed E-state index contributed by atoms with van der Waals surface area (Å²) in [6, 6.07) is 0. The molecule has 0 amide bonds. The normalized spacial score (nSPS) is 54.3. The molecule has 3 aliphatic heterocycles. The van der Waals surface area contributed by atoms with Gasteiger partial charge in [0.25, 0.3) is 0 Å². The van der Waals surface area contributed by atoms with Gasteiger partial charge in [-0.15, -0.1) is 0 Å². The van der Waals surface area contributed by atoms with Crippen LogP contribution in [0, 0.1) is 50.2 Å². The number of rotatable bonds is 9. The average Bonchev–Trinajstić information content (AvgIpc) is 3.53. The van der Waals surface area contributed by atoms with Gasteiger partial charge in [-0.2, -0.15) is 0 Å². The maximum Gasteiger partial charge on any atom is 0.335 e. The van der Waals surface area contributed by atoms with Crippen LogP contribution in [0.4, 0.5) is 0 Å². The largest absolute Gasteiger partial charge is 0.481 e. The molecule has 5 aliphatic carbocycles. The van der Waals surface area contributed by atoms with Crippen LogP contribution in [0.3, 0.4) is 0 Å². The van der Waals surface area contributed by atoms with Gasteiger partial charge in [0.1, 0.15) is 60.4 Å². The Kier molecular flexibility index (Phi) is 13.5. The molecule has 25 atom stereocenters. The average molecular weight is 973 g/mol. The second kappa shape index (κ2) is 17.6. The highest BCUT2D eigenvalue weighted by Gasteiger charge is 2.74. The summed E-state index contributed by atoms with van der Waals surface area (Å²) in [5, 5.41) is 130. The van der Waals surface area contributed by atoms with Crippen molar-refractivity contribution in [1.29, 1.82) is 0 Å². The van der Waals surface area contributed by atoms with E-state index in [-0.39, 0.29) is 30.6 Å². The first-order chi connectivity index (χ1) is 31.5. The molecule has 12 N–H and O–H groups in total. The van der Waals surface area contributed by atoms with Crippen LogP contribution in [0.25, 0.3) is 0 Å². The monoisotopic (exact) mass is 972 g/mol. The van der Waals surface area contributed by atoms with Crippen molar-refractivity contribution in [2.45, 2.75) is 204 Å². The summed E-state index contributed by atoms with van der Waals surface area (Å²) in [6.45, 7) is 12.6. The summed E-state index contributed by atoms with van der Waals surface area (Å²) in [4.78, 5) is 40.7. The second-order valence-corrected chi connectivity index (χ2v) is 23.0. The lowest BCUT2D eigenvalue weighted by Gasteiger charge is -2.71. The van der Waals surface area contributed by atoms with E-state index in [1.807, 2.05) is 6.92 Å². The number of hydrogen-bond acceptors (Lipinski definition) is 19. The van der Waals surface area contributed by atoms with Crippen molar-refractivity contribution < 1.29 is 104 Å². The maximum absolute atomic E-state index is 15.1. The molecule has 3 saturated heterocycles. The molecule has 0 aromatic heterocycles. The van der Waals surface area contributed by atoms with Crippen LogP contribution in [0.2, 0.25) is 0 Å². The van der Waals surface area contributed by atoms with Gasteiger partial charge in [0.05, 0.1) is 30.3 Å². The van der Waals surface area contributed by atoms with Crippen LogP contribution in [-0.4, -0.2) is 190 Å². The third-order valence-electron chi connectivity index (χ3n) is 19.0. The van der Waals surface area contributed by atoms with Gasteiger partial charge < -0.3 is 89.7 Å². The van der Waals surface area contributed by atoms with Gasteiger partial charge in [-0.25, -0.2) is 4.79 Å². The van der Waals surface area contributed by atoms with Crippen LogP contribution in [0.15, 0.2) is 11.6 Å². The van der Waals surface area contributed by atoms with E-state index in [9.17, 15) is 70.9 Å². The molecule has 0 bridgehead atoms. The van der Waals surface area contributed by atoms with E-state index in [0.29, 0.717) is 32.1 Å². The summed E-state index contributed by atoms with van der Waals surface area (Å²) in [5.41, 5.74) is -5.12. The van der Waals surface area contributed by atoms with Crippen molar-refractivity contribution >= 4 is 17.9 Å². The van der Waals surface area contributed by atoms with E-state index in [4.69, 9.17) is 28.4 Å². The van der Waals surface area contributed by atoms with Gasteiger partial charge in [-0.3, -0.25) is 9.59 Å². The third-order valence-corrected chi connectivity index (χ3v) is 19.0. The number of hydrogen-bond donors (Lipinski definition) is 12. The minimum Gasteiger partial charge on any atom is -0.481 e. The van der Waals surface area contributed by atoms with Crippen molar-refractivity contribution in [2.24, 2.45) is 50.2 Å². The number of aliphatic hydroxyl groups is 10. The first kappa shape index (κ1) is 51.9. The van der Waals surface area contributed by atoms with Crippen molar-refractivity contribution in [2.75, 3.05) is 6.61 Å². The molecule has 68 heavy (non-hydrogen) atoms. The molecule has 0 radical (unpaired) electrons. The number of allylic oxidation sites excluding steroid dienone is 2. The van der Waals surface area contributed by atoms with Gasteiger partial charge in [0.2, 0.25) is 6.29 Å². The summed E-state index contributed by atoms with van der Waals surface area (Å²) in [6.07, 6.45) is -23.5. The molecular formula is C47H72O21. The van der Waals surface area contributed by atoms with Crippen molar-refractivity contribution in [3.63, 3.8) is 0 Å². The highest BCUT2D eigenvalue weighted by atomic mass is 16.8. The Morgan fingerprint density at radius 1 is 0.706 bits per heavy atom. The van der Waals surface area contributed by atoms with Gasteiger partial charge in [0, 0.05) is 0 Å². The number of ether oxygens (including phenoxy) is 6. The Labute approximate surface area is 393 Å². The predicted molar refractivity (Wildman–Crippen MR) is 228 cm³/mol. The summed E-state index contributed by atoms with van der Waals surface area (Å²) < 4.78 is 34.9. The zero-order chi connectivity index (χ0) is 50.2. The Morgan fingerprint density at radius 3 is 1.97 bits per heavy atom. The van der Waals surface area contributed by atoms with Gasteiger partial charge in [0.15, 0.2) is 24.8 Å². The van der Waals surface area contributed by atoms with Crippen LogP contribution in [0.5, 0.6) is 0 Å². The van der Waals surface area contributed by atoms with E-state index in [1.165, 1.54) is 13.8 Å². The topological polar surface area (TPSA) is 349 Å². The molecule has 3 heterocycles. The first-order valence-corrected chi connectivity index (χ1v) is 23.9. The lowest BCUT2D eigenvalue weighted by Crippen LogP contribution is -2.71. The molecule has 8 rings (SSSR count). The number of fused-ring (bicyclic) bond motifs is 7. The van der Waals surface area contributed by atoms with Crippen molar-refractivity contribution in [3.05, 3.63) is 11.6 Å². The van der Waals surface area contributed by atoms with Crippen molar-refractivity contribution in [3.8, 4) is 0 Å². The number of carbonyl (C=O) groups excluding carboxylic acids is 1. The van der Waals surface area contributed by atoms with E-state index >= 15 is 4.79 Å². The lowest BCUT2D eigenvalue weighted by atomic mass is 9.33. The molecule has 0 aromatic carbocycles. The van der Waals surface area contributed by atoms with Crippen LogP contribution in [0.1, 0.15) is 99.8 Å². The molecule has 4 saturated carbocycles. The minimum atomic E-state index is -2.02. The van der Waals surface area contributed by atoms with Gasteiger partial charge in [-0.1, -0.05) is 46.3 Å². The van der Waals surface area contributed by atoms with Crippen LogP contribution < -0.4 is 0 Å². The fourth-order valence-corrected chi connectivity index (χ4v) is 14.9. The third kappa shape index (κ3) is 7.54. The summed E-state index contributed by atoms with van der Waals surface area (Å²) in [5.74, 6) is -5.35.